The maximum atomic E-state index is 12.2. The van der Waals surface area contributed by atoms with E-state index >= 15 is 0 Å². The second-order valence-electron chi connectivity index (χ2n) is 6.68. The molecule has 0 radical (unpaired) electrons. The quantitative estimate of drug-likeness (QED) is 0.663. The summed E-state index contributed by atoms with van der Waals surface area (Å²) in [6.07, 6.45) is 3.59. The number of hydrogen-bond acceptors (Lipinski definition) is 4. The van der Waals surface area contributed by atoms with Crippen molar-refractivity contribution in [3.05, 3.63) is 35.4 Å². The molecule has 2 aliphatic heterocycles. The molecule has 2 saturated heterocycles. The van der Waals surface area contributed by atoms with Crippen LogP contribution in [0.1, 0.15) is 36.8 Å². The Morgan fingerprint density at radius 1 is 0.731 bits per heavy atom. The van der Waals surface area contributed by atoms with Crippen molar-refractivity contribution in [3.63, 3.8) is 0 Å². The average Bonchev–Trinajstić information content (AvgIpc) is 3.32. The molecule has 2 N–H and O–H groups in total. The number of hydrogen-bond donors (Lipinski definition) is 2. The predicted molar refractivity (Wildman–Crippen MR) is 99.6 cm³/mol. The smallest absolute Gasteiger partial charge is 0.198 e. The van der Waals surface area contributed by atoms with Crippen molar-refractivity contribution < 1.29 is 16.8 Å². The molecule has 1 aromatic carbocycles. The molecule has 3 rings (SSSR count). The van der Waals surface area contributed by atoms with E-state index in [1.807, 2.05) is 18.2 Å². The lowest BCUT2D eigenvalue weighted by molar-refractivity contribution is 0.464. The van der Waals surface area contributed by atoms with E-state index in [-0.39, 0.29) is 13.1 Å². The highest BCUT2D eigenvalue weighted by molar-refractivity contribution is 7.87. The molecule has 0 aromatic heterocycles. The fraction of sp³-hybridized carbons (Fsp3) is 0.625. The van der Waals surface area contributed by atoms with Crippen molar-refractivity contribution in [3.8, 4) is 0 Å². The Balaban J connectivity index is 1.56. The number of nitrogens with zero attached hydrogens (tertiary/aromatic N) is 2. The molecule has 0 unspecified atom stereocenters. The Labute approximate surface area is 155 Å². The standard InChI is InChI=1S/C16H26N4O4S2/c21-25(22,19-8-1-2-9-19)17-13-15-6-5-7-16(12-15)14-18-26(23,24)20-10-3-4-11-20/h5-7,12,17-18H,1-4,8-11,13-14H2. The Morgan fingerprint density at radius 2 is 1.12 bits per heavy atom. The van der Waals surface area contributed by atoms with E-state index in [1.165, 1.54) is 8.61 Å². The van der Waals surface area contributed by atoms with Crippen LogP contribution in [0.2, 0.25) is 0 Å². The van der Waals surface area contributed by atoms with Gasteiger partial charge in [0.1, 0.15) is 0 Å². The first kappa shape index (κ1) is 19.7. The minimum atomic E-state index is -3.45. The first-order valence-electron chi connectivity index (χ1n) is 8.94. The van der Waals surface area contributed by atoms with Gasteiger partial charge in [0.2, 0.25) is 0 Å². The highest BCUT2D eigenvalue weighted by Gasteiger charge is 2.25. The van der Waals surface area contributed by atoms with E-state index in [1.54, 1.807) is 6.07 Å². The molecule has 2 heterocycles. The summed E-state index contributed by atoms with van der Waals surface area (Å²) in [6.45, 7) is 2.62. The topological polar surface area (TPSA) is 98.8 Å². The number of nitrogens with one attached hydrogen (secondary N) is 2. The van der Waals surface area contributed by atoms with Gasteiger partial charge in [-0.05, 0) is 36.8 Å². The van der Waals surface area contributed by atoms with Crippen molar-refractivity contribution in [2.45, 2.75) is 38.8 Å². The largest absolute Gasteiger partial charge is 0.279 e. The second kappa shape index (κ2) is 8.32. The van der Waals surface area contributed by atoms with Crippen LogP contribution < -0.4 is 9.44 Å². The number of benzene rings is 1. The predicted octanol–water partition coefficient (Wildman–Crippen LogP) is 0.547. The molecule has 0 bridgehead atoms. The van der Waals surface area contributed by atoms with Crippen molar-refractivity contribution in [1.29, 1.82) is 0 Å². The number of rotatable bonds is 8. The van der Waals surface area contributed by atoms with Gasteiger partial charge in [-0.25, -0.2) is 0 Å². The zero-order chi connectivity index (χ0) is 18.6. The average molecular weight is 403 g/mol. The summed E-state index contributed by atoms with van der Waals surface area (Å²) in [6, 6.07) is 7.27. The SMILES string of the molecule is O=S(=O)(NCc1cccc(CNS(=O)(=O)N2CCCC2)c1)N1CCCC1. The third-order valence-corrected chi connectivity index (χ3v) is 7.83. The Hall–Kier alpha value is -1.04. The molecule has 10 heteroatoms. The van der Waals surface area contributed by atoms with Gasteiger partial charge in [-0.15, -0.1) is 0 Å². The van der Waals surface area contributed by atoms with Gasteiger partial charge in [-0.2, -0.15) is 34.9 Å². The van der Waals surface area contributed by atoms with Gasteiger partial charge in [0.15, 0.2) is 0 Å². The van der Waals surface area contributed by atoms with Gasteiger partial charge >= 0.3 is 0 Å². The van der Waals surface area contributed by atoms with Crippen molar-refractivity contribution in [2.24, 2.45) is 0 Å². The molecular weight excluding hydrogens is 376 g/mol. The zero-order valence-electron chi connectivity index (χ0n) is 14.7. The fourth-order valence-electron chi connectivity index (χ4n) is 3.24. The van der Waals surface area contributed by atoms with Crippen LogP contribution in [0.4, 0.5) is 0 Å². The molecule has 146 valence electrons. The van der Waals surface area contributed by atoms with Crippen LogP contribution in [0.15, 0.2) is 24.3 Å². The van der Waals surface area contributed by atoms with E-state index in [0.29, 0.717) is 26.2 Å². The van der Waals surface area contributed by atoms with Crippen molar-refractivity contribution in [1.82, 2.24) is 18.1 Å². The summed E-state index contributed by atoms with van der Waals surface area (Å²) in [4.78, 5) is 0. The van der Waals surface area contributed by atoms with Crippen LogP contribution in [-0.2, 0) is 33.5 Å². The summed E-state index contributed by atoms with van der Waals surface area (Å²) >= 11 is 0. The minimum Gasteiger partial charge on any atom is -0.198 e. The van der Waals surface area contributed by atoms with Gasteiger partial charge in [0.25, 0.3) is 20.4 Å². The van der Waals surface area contributed by atoms with E-state index in [0.717, 1.165) is 36.8 Å². The molecule has 2 aliphatic rings. The second-order valence-corrected chi connectivity index (χ2v) is 10.2. The monoisotopic (exact) mass is 402 g/mol. The van der Waals surface area contributed by atoms with Crippen LogP contribution in [0, 0.1) is 0 Å². The lowest BCUT2D eigenvalue weighted by atomic mass is 10.1. The molecule has 26 heavy (non-hydrogen) atoms. The maximum absolute atomic E-state index is 12.2. The minimum absolute atomic E-state index is 0.186. The van der Waals surface area contributed by atoms with Gasteiger partial charge in [-0.1, -0.05) is 24.3 Å². The molecule has 0 aliphatic carbocycles. The first-order chi connectivity index (χ1) is 12.4. The van der Waals surface area contributed by atoms with Crippen LogP contribution in [-0.4, -0.2) is 51.6 Å². The molecule has 0 spiro atoms. The lowest BCUT2D eigenvalue weighted by Crippen LogP contribution is -2.38. The summed E-state index contributed by atoms with van der Waals surface area (Å²) in [5.41, 5.74) is 1.59. The molecule has 8 nitrogen and oxygen atoms in total. The Morgan fingerprint density at radius 3 is 1.50 bits per heavy atom. The summed E-state index contributed by atoms with van der Waals surface area (Å²) < 4.78 is 57.0. The third kappa shape index (κ3) is 5.02. The van der Waals surface area contributed by atoms with Gasteiger partial charge in [-0.3, -0.25) is 0 Å². The lowest BCUT2D eigenvalue weighted by Gasteiger charge is -2.17. The van der Waals surface area contributed by atoms with Gasteiger partial charge in [0.05, 0.1) is 0 Å². The summed E-state index contributed by atoms with van der Waals surface area (Å²) in [5.74, 6) is 0. The normalized spacial score (nSPS) is 20.0. The van der Waals surface area contributed by atoms with Crippen LogP contribution in [0.25, 0.3) is 0 Å². The highest BCUT2D eigenvalue weighted by Crippen LogP contribution is 2.14. The summed E-state index contributed by atoms with van der Waals surface area (Å²) in [5, 5.41) is 0. The molecular formula is C16H26N4O4S2. The van der Waals surface area contributed by atoms with E-state index in [2.05, 4.69) is 9.44 Å². The van der Waals surface area contributed by atoms with Crippen molar-refractivity contribution in [2.75, 3.05) is 26.2 Å². The maximum Gasteiger partial charge on any atom is 0.279 e. The van der Waals surface area contributed by atoms with Crippen LogP contribution in [0.3, 0.4) is 0 Å². The molecule has 0 amide bonds. The molecule has 0 saturated carbocycles. The van der Waals surface area contributed by atoms with E-state index in [4.69, 9.17) is 0 Å². The third-order valence-electron chi connectivity index (χ3n) is 4.72. The molecule has 2 fully saturated rings. The van der Waals surface area contributed by atoms with E-state index < -0.39 is 20.4 Å². The van der Waals surface area contributed by atoms with Crippen LogP contribution >= 0.6 is 0 Å². The van der Waals surface area contributed by atoms with E-state index in [9.17, 15) is 16.8 Å². The fourth-order valence-corrected chi connectivity index (χ4v) is 5.78. The molecule has 0 atom stereocenters. The summed E-state index contributed by atoms with van der Waals surface area (Å²) in [7, 11) is -6.90. The Bertz CT molecular complexity index is 749. The van der Waals surface area contributed by atoms with Crippen LogP contribution in [0.5, 0.6) is 0 Å². The van der Waals surface area contributed by atoms with Crippen molar-refractivity contribution >= 4 is 20.4 Å². The highest BCUT2D eigenvalue weighted by atomic mass is 32.2. The first-order valence-corrected chi connectivity index (χ1v) is 11.8. The van der Waals surface area contributed by atoms with Gasteiger partial charge < -0.3 is 0 Å². The molecule has 1 aromatic rings. The Kier molecular flexibility index (Phi) is 6.31. The zero-order valence-corrected chi connectivity index (χ0v) is 16.4. The van der Waals surface area contributed by atoms with Gasteiger partial charge in [0, 0.05) is 39.3 Å².